The highest BCUT2D eigenvalue weighted by molar-refractivity contribution is 5.78. The lowest BCUT2D eigenvalue weighted by Gasteiger charge is -2.27. The van der Waals surface area contributed by atoms with Gasteiger partial charge in [-0.25, -0.2) is 0 Å². The van der Waals surface area contributed by atoms with Crippen LogP contribution in [0.25, 0.3) is 6.08 Å². The Morgan fingerprint density at radius 2 is 2.14 bits per heavy atom. The minimum absolute atomic E-state index is 0.239. The van der Waals surface area contributed by atoms with Gasteiger partial charge in [-0.15, -0.1) is 0 Å². The van der Waals surface area contributed by atoms with Crippen LogP contribution >= 0.6 is 0 Å². The highest BCUT2D eigenvalue weighted by atomic mass is 16.5. The van der Waals surface area contributed by atoms with E-state index in [0.717, 1.165) is 23.2 Å². The molecule has 1 aromatic rings. The quantitative estimate of drug-likeness (QED) is 0.493. The Bertz CT molecular complexity index is 403. The second-order valence-electron chi connectivity index (χ2n) is 3.97. The largest absolute Gasteiger partial charge is 0.483 e. The third-order valence-electron chi connectivity index (χ3n) is 2.22. The van der Waals surface area contributed by atoms with Gasteiger partial charge >= 0.3 is 6.29 Å². The molecule has 0 fully saturated rings. The van der Waals surface area contributed by atoms with Gasteiger partial charge in [-0.3, -0.25) is 4.79 Å². The van der Waals surface area contributed by atoms with E-state index in [1.807, 2.05) is 44.2 Å². The van der Waals surface area contributed by atoms with E-state index in [-0.39, 0.29) is 5.60 Å². The molecule has 2 heteroatoms. The highest BCUT2D eigenvalue weighted by Gasteiger charge is 2.21. The molecule has 2 nitrogen and oxygen atoms in total. The first-order chi connectivity index (χ1) is 6.61. The summed E-state index contributed by atoms with van der Waals surface area (Å²) in [6, 6.07) is 5.60. The fraction of sp³-hybridized carbons (Fsp3) is 0.250. The molecule has 1 N–H and O–H groups in total. The average molecular weight is 189 g/mol. The smallest absolute Gasteiger partial charge is 0.312 e. The van der Waals surface area contributed by atoms with Gasteiger partial charge in [0.15, 0.2) is 0 Å². The van der Waals surface area contributed by atoms with Crippen LogP contribution in [0.1, 0.15) is 25.0 Å². The van der Waals surface area contributed by atoms with Crippen molar-refractivity contribution in [2.45, 2.75) is 19.4 Å². The average Bonchev–Trinajstić information content (AvgIpc) is 2.16. The Morgan fingerprint density at radius 3 is 2.86 bits per heavy atom. The van der Waals surface area contributed by atoms with E-state index in [4.69, 9.17) is 9.53 Å². The number of hydrogen-bond donors (Lipinski definition) is 0. The summed E-state index contributed by atoms with van der Waals surface area (Å²) in [5.41, 5.74) is 1.56. The van der Waals surface area contributed by atoms with Crippen LogP contribution in [-0.2, 0) is 0 Å². The van der Waals surface area contributed by atoms with Crippen molar-refractivity contribution in [3.8, 4) is 5.75 Å². The summed E-state index contributed by atoms with van der Waals surface area (Å²) in [7, 11) is 0. The maximum atomic E-state index is 8.85. The second-order valence-corrected chi connectivity index (χ2v) is 3.97. The molecule has 14 heavy (non-hydrogen) atoms. The number of ether oxygens (including phenoxy) is 1. The van der Waals surface area contributed by atoms with Crippen LogP contribution in [0.5, 0.6) is 5.75 Å². The molecular weight excluding hydrogens is 176 g/mol. The third kappa shape index (κ3) is 1.55. The number of rotatable bonds is 1. The topological polar surface area (TPSA) is 30.6 Å². The summed E-state index contributed by atoms with van der Waals surface area (Å²) in [4.78, 5) is 8.85. The van der Waals surface area contributed by atoms with Gasteiger partial charge in [-0.1, -0.05) is 6.08 Å². The molecule has 0 saturated heterocycles. The molecule has 0 aromatic heterocycles. The van der Waals surface area contributed by atoms with Crippen LogP contribution in [0.3, 0.4) is 0 Å². The molecule has 0 amide bonds. The Balaban J connectivity index is 2.46. The molecule has 0 aliphatic carbocycles. The zero-order chi connectivity index (χ0) is 10.2. The summed E-state index contributed by atoms with van der Waals surface area (Å²) in [6.45, 7) is 4.02. The van der Waals surface area contributed by atoms with Crippen molar-refractivity contribution in [1.29, 1.82) is 0 Å². The van der Waals surface area contributed by atoms with E-state index >= 15 is 0 Å². The summed E-state index contributed by atoms with van der Waals surface area (Å²) < 4.78 is 5.74. The number of carbonyl (C=O) groups excluding carboxylic acids is 1. The molecule has 72 valence electrons. The highest BCUT2D eigenvalue weighted by Crippen LogP contribution is 2.30. The number of hydrogen-bond acceptors (Lipinski definition) is 1. The zero-order valence-corrected chi connectivity index (χ0v) is 8.32. The first kappa shape index (κ1) is 9.00. The molecule has 1 aliphatic heterocycles. The Morgan fingerprint density at radius 1 is 1.36 bits per heavy atom. The maximum absolute atomic E-state index is 8.85. The monoisotopic (exact) mass is 189 g/mol. The van der Waals surface area contributed by atoms with E-state index in [1.54, 1.807) is 0 Å². The molecule has 0 spiro atoms. The number of benzene rings is 1. The van der Waals surface area contributed by atoms with E-state index in [9.17, 15) is 0 Å². The first-order valence-corrected chi connectivity index (χ1v) is 4.60. The van der Waals surface area contributed by atoms with Crippen LogP contribution in [0.4, 0.5) is 0 Å². The van der Waals surface area contributed by atoms with E-state index in [2.05, 4.69) is 0 Å². The second kappa shape index (κ2) is 2.98. The normalized spacial score (nSPS) is 17.0. The van der Waals surface area contributed by atoms with Gasteiger partial charge in [0.05, 0.1) is 5.56 Å². The number of aldehydes is 1. The lowest BCUT2D eigenvalue weighted by Crippen LogP contribution is -2.27. The SMILES string of the molecule is CC1(C)C=Cc2cc(C=[OH+])ccc2O1. The third-order valence-corrected chi connectivity index (χ3v) is 2.22. The summed E-state index contributed by atoms with van der Waals surface area (Å²) in [5, 5.41) is 0. The summed E-state index contributed by atoms with van der Waals surface area (Å²) >= 11 is 0. The van der Waals surface area contributed by atoms with Gasteiger partial charge in [0.1, 0.15) is 11.4 Å². The standard InChI is InChI=1S/C12H12O2/c1-12(2)6-5-10-7-9(8-13)3-4-11(10)14-12/h3-8H,1-2H3/p+1. The maximum Gasteiger partial charge on any atom is 0.312 e. The zero-order valence-electron chi connectivity index (χ0n) is 8.32. The molecule has 0 unspecified atom stereocenters. The first-order valence-electron chi connectivity index (χ1n) is 4.60. The molecule has 1 aliphatic rings. The minimum Gasteiger partial charge on any atom is -0.483 e. The molecule has 1 heterocycles. The van der Waals surface area contributed by atoms with E-state index < -0.39 is 0 Å². The van der Waals surface area contributed by atoms with Crippen LogP contribution in [0.2, 0.25) is 0 Å². The molecule has 0 radical (unpaired) electrons. The molecule has 0 saturated carbocycles. The lowest BCUT2D eigenvalue weighted by atomic mass is 10.0. The van der Waals surface area contributed by atoms with Crippen molar-refractivity contribution in [2.24, 2.45) is 0 Å². The fourth-order valence-corrected chi connectivity index (χ4v) is 1.48. The van der Waals surface area contributed by atoms with Crippen molar-refractivity contribution < 1.29 is 9.53 Å². The van der Waals surface area contributed by atoms with Gasteiger partial charge < -0.3 is 4.74 Å². The van der Waals surface area contributed by atoms with Crippen LogP contribution in [-0.4, -0.2) is 16.7 Å². The van der Waals surface area contributed by atoms with Crippen molar-refractivity contribution in [3.63, 3.8) is 0 Å². The van der Waals surface area contributed by atoms with Gasteiger partial charge in [0.25, 0.3) is 0 Å². The van der Waals surface area contributed by atoms with Crippen LogP contribution < -0.4 is 4.74 Å². The molecule has 0 atom stereocenters. The van der Waals surface area contributed by atoms with E-state index in [1.165, 1.54) is 0 Å². The predicted molar refractivity (Wildman–Crippen MR) is 57.3 cm³/mol. The van der Waals surface area contributed by atoms with Gasteiger partial charge in [-0.2, -0.15) is 0 Å². The van der Waals surface area contributed by atoms with Gasteiger partial charge in [0.2, 0.25) is 0 Å². The Kier molecular flexibility index (Phi) is 1.92. The van der Waals surface area contributed by atoms with Crippen molar-refractivity contribution in [1.82, 2.24) is 0 Å². The molecule has 1 aromatic carbocycles. The molecule has 2 rings (SSSR count). The Hall–Kier alpha value is -1.57. The van der Waals surface area contributed by atoms with Gasteiger partial charge in [-0.05, 0) is 38.1 Å². The summed E-state index contributed by atoms with van der Waals surface area (Å²) in [5.74, 6) is 0.864. The minimum atomic E-state index is -0.239. The van der Waals surface area contributed by atoms with Crippen LogP contribution in [0, 0.1) is 0 Å². The lowest BCUT2D eigenvalue weighted by molar-refractivity contribution is 0.159. The molecule has 0 bridgehead atoms. The summed E-state index contributed by atoms with van der Waals surface area (Å²) in [6.07, 6.45) is 5.12. The van der Waals surface area contributed by atoms with Crippen molar-refractivity contribution >= 4 is 12.4 Å². The van der Waals surface area contributed by atoms with E-state index in [0.29, 0.717) is 0 Å². The fourth-order valence-electron chi connectivity index (χ4n) is 1.48. The van der Waals surface area contributed by atoms with Crippen molar-refractivity contribution in [2.75, 3.05) is 0 Å². The van der Waals surface area contributed by atoms with Crippen molar-refractivity contribution in [3.05, 3.63) is 35.4 Å². The van der Waals surface area contributed by atoms with Gasteiger partial charge in [0, 0.05) is 5.56 Å². The Labute approximate surface area is 83.2 Å². The number of fused-ring (bicyclic) bond motifs is 1. The van der Waals surface area contributed by atoms with Crippen LogP contribution in [0.15, 0.2) is 24.3 Å². The predicted octanol–water partition coefficient (Wildman–Crippen LogP) is 2.39. The molecular formula is C12H13O2+.